The molecule has 0 bridgehead atoms. The van der Waals surface area contributed by atoms with Gasteiger partial charge in [0.25, 0.3) is 10.0 Å². The summed E-state index contributed by atoms with van der Waals surface area (Å²) in [5, 5.41) is 2.60. The molecule has 0 radical (unpaired) electrons. The summed E-state index contributed by atoms with van der Waals surface area (Å²) >= 11 is 0. The molecule has 3 aromatic rings. The Kier molecular flexibility index (Phi) is 9.10. The summed E-state index contributed by atoms with van der Waals surface area (Å²) in [7, 11) is -2.56. The van der Waals surface area contributed by atoms with Crippen molar-refractivity contribution < 1.29 is 18.0 Å². The summed E-state index contributed by atoms with van der Waals surface area (Å²) in [4.78, 5) is 27.9. The first-order valence-corrected chi connectivity index (χ1v) is 13.7. The van der Waals surface area contributed by atoms with Crippen LogP contribution in [0.2, 0.25) is 0 Å². The summed E-state index contributed by atoms with van der Waals surface area (Å²) in [6.45, 7) is 7.06. The zero-order valence-electron chi connectivity index (χ0n) is 22.1. The van der Waals surface area contributed by atoms with Gasteiger partial charge in [0.05, 0.1) is 10.6 Å². The normalized spacial score (nSPS) is 12.0. The standard InChI is InChI=1S/C29H35N3O4S/c1-21-12-15-26(16-13-21)37(35,36)32(27-19-22(2)11-14-23(27)3)20-28(33)31(24(4)29(34)30-5)18-17-25-9-7-6-8-10-25/h6-16,19,24H,17-18,20H2,1-5H3,(H,30,34)/t24-/m1/s1. The molecule has 0 unspecified atom stereocenters. The van der Waals surface area contributed by atoms with E-state index in [2.05, 4.69) is 5.32 Å². The van der Waals surface area contributed by atoms with E-state index in [0.717, 1.165) is 26.6 Å². The van der Waals surface area contributed by atoms with Gasteiger partial charge < -0.3 is 10.2 Å². The molecule has 0 saturated heterocycles. The molecule has 3 rings (SSSR count). The minimum atomic E-state index is -4.07. The SMILES string of the molecule is CNC(=O)[C@@H](C)N(CCc1ccccc1)C(=O)CN(c1cc(C)ccc1C)S(=O)(=O)c1ccc(C)cc1. The molecular weight excluding hydrogens is 486 g/mol. The second-order valence-electron chi connectivity index (χ2n) is 9.23. The quantitative estimate of drug-likeness (QED) is 0.437. The molecular formula is C29H35N3O4S. The van der Waals surface area contributed by atoms with Gasteiger partial charge >= 0.3 is 0 Å². The van der Waals surface area contributed by atoms with Crippen LogP contribution in [0.1, 0.15) is 29.2 Å². The lowest BCUT2D eigenvalue weighted by Crippen LogP contribution is -2.51. The number of aryl methyl sites for hydroxylation is 3. The van der Waals surface area contributed by atoms with Crippen molar-refractivity contribution >= 4 is 27.5 Å². The third kappa shape index (κ3) is 6.77. The molecule has 2 amide bonds. The summed E-state index contributed by atoms with van der Waals surface area (Å²) in [6.07, 6.45) is 0.530. The number of likely N-dealkylation sites (N-methyl/N-ethyl adjacent to an activating group) is 1. The third-order valence-corrected chi connectivity index (χ3v) is 8.19. The Morgan fingerprint density at radius 3 is 2.14 bits per heavy atom. The van der Waals surface area contributed by atoms with Crippen molar-refractivity contribution in [2.45, 2.75) is 45.1 Å². The van der Waals surface area contributed by atoms with Gasteiger partial charge in [-0.15, -0.1) is 0 Å². The van der Waals surface area contributed by atoms with Gasteiger partial charge in [-0.25, -0.2) is 8.42 Å². The maximum absolute atomic E-state index is 13.9. The van der Waals surface area contributed by atoms with Crippen LogP contribution in [-0.2, 0) is 26.0 Å². The number of carbonyl (C=O) groups is 2. The van der Waals surface area contributed by atoms with Crippen LogP contribution in [0.4, 0.5) is 5.69 Å². The molecule has 0 saturated carbocycles. The van der Waals surface area contributed by atoms with Gasteiger partial charge in [-0.05, 0) is 69.0 Å². The van der Waals surface area contributed by atoms with Crippen LogP contribution in [0.25, 0.3) is 0 Å². The fourth-order valence-electron chi connectivity index (χ4n) is 4.12. The van der Waals surface area contributed by atoms with E-state index in [1.54, 1.807) is 37.3 Å². The van der Waals surface area contributed by atoms with E-state index < -0.39 is 28.5 Å². The first-order chi connectivity index (χ1) is 17.5. The number of sulfonamides is 1. The largest absolute Gasteiger partial charge is 0.357 e. The van der Waals surface area contributed by atoms with Crippen molar-refractivity contribution in [2.24, 2.45) is 0 Å². The number of anilines is 1. The van der Waals surface area contributed by atoms with E-state index >= 15 is 0 Å². The van der Waals surface area contributed by atoms with Crippen molar-refractivity contribution in [2.75, 3.05) is 24.4 Å². The predicted octanol–water partition coefficient (Wildman–Crippen LogP) is 4.01. The molecule has 1 N–H and O–H groups in total. The summed E-state index contributed by atoms with van der Waals surface area (Å²) < 4.78 is 28.9. The van der Waals surface area contributed by atoms with Crippen LogP contribution in [0.15, 0.2) is 77.7 Å². The fraction of sp³-hybridized carbons (Fsp3) is 0.310. The average Bonchev–Trinajstić information content (AvgIpc) is 2.89. The van der Waals surface area contributed by atoms with Gasteiger partial charge in [0.15, 0.2) is 0 Å². The number of rotatable bonds is 10. The van der Waals surface area contributed by atoms with Crippen LogP contribution < -0.4 is 9.62 Å². The number of benzene rings is 3. The fourth-order valence-corrected chi connectivity index (χ4v) is 5.59. The number of nitrogens with zero attached hydrogens (tertiary/aromatic N) is 2. The second kappa shape index (κ2) is 12.1. The second-order valence-corrected chi connectivity index (χ2v) is 11.1. The first kappa shape index (κ1) is 27.9. The molecule has 196 valence electrons. The Balaban J connectivity index is 2.02. The minimum absolute atomic E-state index is 0.0991. The van der Waals surface area contributed by atoms with Crippen LogP contribution in [0, 0.1) is 20.8 Å². The molecule has 37 heavy (non-hydrogen) atoms. The molecule has 1 atom stereocenters. The van der Waals surface area contributed by atoms with Crippen molar-refractivity contribution in [3.05, 3.63) is 95.1 Å². The molecule has 7 nitrogen and oxygen atoms in total. The zero-order valence-corrected chi connectivity index (χ0v) is 22.9. The number of carbonyl (C=O) groups excluding carboxylic acids is 2. The van der Waals surface area contributed by atoms with E-state index in [-0.39, 0.29) is 17.3 Å². The summed E-state index contributed by atoms with van der Waals surface area (Å²) in [5.41, 5.74) is 3.98. The van der Waals surface area contributed by atoms with Crippen molar-refractivity contribution in [3.8, 4) is 0 Å². The van der Waals surface area contributed by atoms with Crippen molar-refractivity contribution in [1.29, 1.82) is 0 Å². The molecule has 0 heterocycles. The van der Waals surface area contributed by atoms with E-state index in [0.29, 0.717) is 12.1 Å². The smallest absolute Gasteiger partial charge is 0.264 e. The van der Waals surface area contributed by atoms with Gasteiger partial charge in [-0.1, -0.05) is 60.2 Å². The first-order valence-electron chi connectivity index (χ1n) is 12.3. The highest BCUT2D eigenvalue weighted by atomic mass is 32.2. The molecule has 3 aromatic carbocycles. The Morgan fingerprint density at radius 1 is 0.892 bits per heavy atom. The van der Waals surface area contributed by atoms with Crippen LogP contribution in [0.3, 0.4) is 0 Å². The zero-order chi connectivity index (χ0) is 27.2. The molecule has 0 fully saturated rings. The van der Waals surface area contributed by atoms with Crippen molar-refractivity contribution in [1.82, 2.24) is 10.2 Å². The number of hydrogen-bond donors (Lipinski definition) is 1. The van der Waals surface area contributed by atoms with Crippen LogP contribution >= 0.6 is 0 Å². The van der Waals surface area contributed by atoms with Crippen LogP contribution in [-0.4, -0.2) is 51.3 Å². The average molecular weight is 522 g/mol. The van der Waals surface area contributed by atoms with Gasteiger partial charge in [0.1, 0.15) is 12.6 Å². The predicted molar refractivity (Wildman–Crippen MR) is 147 cm³/mol. The number of nitrogens with one attached hydrogen (secondary N) is 1. The third-order valence-electron chi connectivity index (χ3n) is 6.42. The Hall–Kier alpha value is -3.65. The van der Waals surface area contributed by atoms with Crippen molar-refractivity contribution in [3.63, 3.8) is 0 Å². The summed E-state index contributed by atoms with van der Waals surface area (Å²) in [5.74, 6) is -0.773. The molecule has 0 aliphatic heterocycles. The Bertz CT molecular complexity index is 1340. The van der Waals surface area contributed by atoms with Gasteiger partial charge in [-0.3, -0.25) is 13.9 Å². The number of amides is 2. The van der Waals surface area contributed by atoms with E-state index in [1.165, 1.54) is 11.9 Å². The molecule has 0 aliphatic carbocycles. The minimum Gasteiger partial charge on any atom is -0.357 e. The van der Waals surface area contributed by atoms with E-state index in [9.17, 15) is 18.0 Å². The molecule has 0 aromatic heterocycles. The maximum atomic E-state index is 13.9. The highest BCUT2D eigenvalue weighted by Gasteiger charge is 2.32. The number of hydrogen-bond acceptors (Lipinski definition) is 4. The lowest BCUT2D eigenvalue weighted by molar-refractivity contribution is -0.138. The van der Waals surface area contributed by atoms with Crippen LogP contribution in [0.5, 0.6) is 0 Å². The Morgan fingerprint density at radius 2 is 1.51 bits per heavy atom. The summed E-state index contributed by atoms with van der Waals surface area (Å²) in [6, 6.07) is 21.0. The monoisotopic (exact) mass is 521 g/mol. The lowest BCUT2D eigenvalue weighted by Gasteiger charge is -2.32. The molecule has 0 aliphatic rings. The molecule has 8 heteroatoms. The maximum Gasteiger partial charge on any atom is 0.264 e. The van der Waals surface area contributed by atoms with Gasteiger partial charge in [-0.2, -0.15) is 0 Å². The Labute approximate surface area is 220 Å². The lowest BCUT2D eigenvalue weighted by atomic mass is 10.1. The topological polar surface area (TPSA) is 86.8 Å². The van der Waals surface area contributed by atoms with Gasteiger partial charge in [0.2, 0.25) is 11.8 Å². The van der Waals surface area contributed by atoms with E-state index in [4.69, 9.17) is 0 Å². The van der Waals surface area contributed by atoms with E-state index in [1.807, 2.05) is 63.2 Å². The highest BCUT2D eigenvalue weighted by Crippen LogP contribution is 2.28. The molecule has 0 spiro atoms. The highest BCUT2D eigenvalue weighted by molar-refractivity contribution is 7.92. The van der Waals surface area contributed by atoms with Gasteiger partial charge in [0, 0.05) is 13.6 Å².